The van der Waals surface area contributed by atoms with Crippen LogP contribution in [0.5, 0.6) is 0 Å². The summed E-state index contributed by atoms with van der Waals surface area (Å²) in [5.41, 5.74) is 2.30. The van der Waals surface area contributed by atoms with Crippen molar-refractivity contribution in [2.24, 2.45) is 5.92 Å². The zero-order valence-corrected chi connectivity index (χ0v) is 12.3. The van der Waals surface area contributed by atoms with Crippen LogP contribution in [0.15, 0.2) is 24.3 Å². The molecule has 0 aliphatic carbocycles. The van der Waals surface area contributed by atoms with Gasteiger partial charge in [-0.1, -0.05) is 38.1 Å². The molecule has 1 aromatic carbocycles. The molecule has 1 aromatic rings. The van der Waals surface area contributed by atoms with Crippen LogP contribution >= 0.6 is 0 Å². The van der Waals surface area contributed by atoms with Gasteiger partial charge in [0.05, 0.1) is 12.6 Å². The highest BCUT2D eigenvalue weighted by atomic mass is 16.3. The van der Waals surface area contributed by atoms with Crippen LogP contribution in [0.3, 0.4) is 0 Å². The van der Waals surface area contributed by atoms with Crippen molar-refractivity contribution in [1.82, 2.24) is 10.2 Å². The molecule has 4 nitrogen and oxygen atoms in total. The van der Waals surface area contributed by atoms with Crippen LogP contribution in [0.25, 0.3) is 0 Å². The van der Waals surface area contributed by atoms with Gasteiger partial charge in [0, 0.05) is 13.1 Å². The molecular weight excluding hydrogens is 252 g/mol. The fourth-order valence-corrected chi connectivity index (χ4v) is 2.66. The standard InChI is InChI=1S/C16H24N2O2/c1-12(2)7-9-17-16(20)18-10-8-13-5-3-4-6-14(13)15(18)11-19/h3-6,12,15,19H,7-11H2,1-2H3,(H,17,20). The summed E-state index contributed by atoms with van der Waals surface area (Å²) in [7, 11) is 0. The Balaban J connectivity index is 2.04. The van der Waals surface area contributed by atoms with Gasteiger partial charge in [-0.2, -0.15) is 0 Å². The average Bonchev–Trinajstić information content (AvgIpc) is 2.45. The third-order valence-electron chi connectivity index (χ3n) is 3.84. The molecule has 0 saturated carbocycles. The van der Waals surface area contributed by atoms with Crippen molar-refractivity contribution < 1.29 is 9.90 Å². The number of aliphatic hydroxyl groups is 1. The van der Waals surface area contributed by atoms with Gasteiger partial charge in [-0.3, -0.25) is 0 Å². The largest absolute Gasteiger partial charge is 0.394 e. The lowest BCUT2D eigenvalue weighted by Crippen LogP contribution is -2.47. The molecule has 2 N–H and O–H groups in total. The number of carbonyl (C=O) groups excluding carboxylic acids is 1. The molecule has 0 fully saturated rings. The van der Waals surface area contributed by atoms with Gasteiger partial charge >= 0.3 is 6.03 Å². The molecule has 2 amide bonds. The summed E-state index contributed by atoms with van der Waals surface area (Å²) in [5.74, 6) is 0.575. The summed E-state index contributed by atoms with van der Waals surface area (Å²) in [4.78, 5) is 14.0. The van der Waals surface area contributed by atoms with Crippen molar-refractivity contribution in [3.63, 3.8) is 0 Å². The lowest BCUT2D eigenvalue weighted by atomic mass is 9.93. The van der Waals surface area contributed by atoms with Crippen LogP contribution in [0.2, 0.25) is 0 Å². The van der Waals surface area contributed by atoms with E-state index in [9.17, 15) is 9.90 Å². The first-order chi connectivity index (χ1) is 9.63. The van der Waals surface area contributed by atoms with Crippen molar-refractivity contribution in [3.8, 4) is 0 Å². The van der Waals surface area contributed by atoms with Crippen molar-refractivity contribution >= 4 is 6.03 Å². The highest BCUT2D eigenvalue weighted by molar-refractivity contribution is 5.75. The van der Waals surface area contributed by atoms with E-state index in [4.69, 9.17) is 0 Å². The third kappa shape index (κ3) is 3.31. The van der Waals surface area contributed by atoms with Crippen LogP contribution in [-0.2, 0) is 6.42 Å². The molecule has 20 heavy (non-hydrogen) atoms. The number of hydrogen-bond donors (Lipinski definition) is 2. The van der Waals surface area contributed by atoms with Crippen LogP contribution in [0, 0.1) is 5.92 Å². The molecule has 1 aliphatic heterocycles. The van der Waals surface area contributed by atoms with Crippen molar-refractivity contribution in [2.75, 3.05) is 19.7 Å². The maximum Gasteiger partial charge on any atom is 0.318 e. The van der Waals surface area contributed by atoms with E-state index in [1.165, 1.54) is 5.56 Å². The minimum Gasteiger partial charge on any atom is -0.394 e. The fraction of sp³-hybridized carbons (Fsp3) is 0.562. The van der Waals surface area contributed by atoms with Gasteiger partial charge in [-0.25, -0.2) is 4.79 Å². The van der Waals surface area contributed by atoms with Gasteiger partial charge < -0.3 is 15.3 Å². The summed E-state index contributed by atoms with van der Waals surface area (Å²) in [6, 6.07) is 7.75. The average molecular weight is 276 g/mol. The fourth-order valence-electron chi connectivity index (χ4n) is 2.66. The van der Waals surface area contributed by atoms with Gasteiger partial charge in [0.2, 0.25) is 0 Å². The maximum absolute atomic E-state index is 12.3. The molecule has 0 radical (unpaired) electrons. The van der Waals surface area contributed by atoms with Crippen molar-refractivity contribution in [2.45, 2.75) is 32.7 Å². The van der Waals surface area contributed by atoms with Crippen LogP contribution in [0.4, 0.5) is 4.79 Å². The minimum atomic E-state index is -0.223. The van der Waals surface area contributed by atoms with E-state index in [1.54, 1.807) is 4.90 Å². The number of nitrogens with zero attached hydrogens (tertiary/aromatic N) is 1. The predicted octanol–water partition coefficient (Wildman–Crippen LogP) is 2.33. The molecule has 0 aromatic heterocycles. The predicted molar refractivity (Wildman–Crippen MR) is 79.5 cm³/mol. The molecule has 1 unspecified atom stereocenters. The number of nitrogens with one attached hydrogen (secondary N) is 1. The lowest BCUT2D eigenvalue weighted by molar-refractivity contribution is 0.127. The number of carbonyl (C=O) groups is 1. The Bertz CT molecular complexity index is 460. The molecule has 0 spiro atoms. The number of amides is 2. The molecule has 0 saturated heterocycles. The Morgan fingerprint density at radius 2 is 2.20 bits per heavy atom. The molecule has 1 atom stereocenters. The van der Waals surface area contributed by atoms with Crippen LogP contribution < -0.4 is 5.32 Å². The summed E-state index contributed by atoms with van der Waals surface area (Å²) in [6.45, 7) is 5.59. The minimum absolute atomic E-state index is 0.0331. The van der Waals surface area contributed by atoms with E-state index in [1.807, 2.05) is 18.2 Å². The number of benzene rings is 1. The zero-order chi connectivity index (χ0) is 14.5. The second-order valence-corrected chi connectivity index (χ2v) is 5.76. The van der Waals surface area contributed by atoms with E-state index >= 15 is 0 Å². The maximum atomic E-state index is 12.3. The summed E-state index contributed by atoms with van der Waals surface area (Å²) >= 11 is 0. The van der Waals surface area contributed by atoms with E-state index in [0.29, 0.717) is 19.0 Å². The Hall–Kier alpha value is -1.55. The number of fused-ring (bicyclic) bond motifs is 1. The topological polar surface area (TPSA) is 52.6 Å². The molecule has 2 rings (SSSR count). The second-order valence-electron chi connectivity index (χ2n) is 5.76. The van der Waals surface area contributed by atoms with Gasteiger partial charge in [0.1, 0.15) is 0 Å². The quantitative estimate of drug-likeness (QED) is 0.887. The first kappa shape index (κ1) is 14.9. The van der Waals surface area contributed by atoms with E-state index in [2.05, 4.69) is 25.2 Å². The second kappa shape index (κ2) is 6.75. The van der Waals surface area contributed by atoms with Gasteiger partial charge in [-0.05, 0) is 29.9 Å². The van der Waals surface area contributed by atoms with Crippen molar-refractivity contribution in [1.29, 1.82) is 0 Å². The molecule has 0 bridgehead atoms. The lowest BCUT2D eigenvalue weighted by Gasteiger charge is -2.36. The number of hydrogen-bond acceptors (Lipinski definition) is 2. The molecule has 110 valence electrons. The Kier molecular flexibility index (Phi) is 5.01. The number of rotatable bonds is 4. The third-order valence-corrected chi connectivity index (χ3v) is 3.84. The number of urea groups is 1. The summed E-state index contributed by atoms with van der Waals surface area (Å²) in [5, 5.41) is 12.6. The Morgan fingerprint density at radius 1 is 1.45 bits per heavy atom. The molecule has 1 heterocycles. The summed E-state index contributed by atoms with van der Waals surface area (Å²) < 4.78 is 0. The van der Waals surface area contributed by atoms with Gasteiger partial charge in [-0.15, -0.1) is 0 Å². The monoisotopic (exact) mass is 276 g/mol. The molecule has 1 aliphatic rings. The van der Waals surface area contributed by atoms with Crippen molar-refractivity contribution in [3.05, 3.63) is 35.4 Å². The first-order valence-electron chi connectivity index (χ1n) is 7.36. The Labute approximate surface area is 120 Å². The van der Waals surface area contributed by atoms with Gasteiger partial charge in [0.15, 0.2) is 0 Å². The van der Waals surface area contributed by atoms with E-state index in [0.717, 1.165) is 18.4 Å². The highest BCUT2D eigenvalue weighted by Gasteiger charge is 2.29. The van der Waals surface area contributed by atoms with Crippen LogP contribution in [0.1, 0.15) is 37.4 Å². The SMILES string of the molecule is CC(C)CCNC(=O)N1CCc2ccccc2C1CO. The van der Waals surface area contributed by atoms with E-state index < -0.39 is 0 Å². The Morgan fingerprint density at radius 3 is 2.90 bits per heavy atom. The normalized spacial score (nSPS) is 18.0. The zero-order valence-electron chi connectivity index (χ0n) is 12.3. The summed E-state index contributed by atoms with van der Waals surface area (Å²) in [6.07, 6.45) is 1.82. The van der Waals surface area contributed by atoms with Crippen LogP contribution in [-0.4, -0.2) is 35.7 Å². The van der Waals surface area contributed by atoms with E-state index in [-0.39, 0.29) is 18.7 Å². The molecular formula is C16H24N2O2. The molecule has 4 heteroatoms. The van der Waals surface area contributed by atoms with Gasteiger partial charge in [0.25, 0.3) is 0 Å². The number of aliphatic hydroxyl groups excluding tert-OH is 1. The highest BCUT2D eigenvalue weighted by Crippen LogP contribution is 2.29. The smallest absolute Gasteiger partial charge is 0.318 e. The first-order valence-corrected chi connectivity index (χ1v) is 7.36.